The number of nitrogens with zero attached hydrogens (tertiary/aromatic N) is 2. The minimum absolute atomic E-state index is 0.0185. The van der Waals surface area contributed by atoms with Gasteiger partial charge in [0.2, 0.25) is 0 Å². The second kappa shape index (κ2) is 10.0. The summed E-state index contributed by atoms with van der Waals surface area (Å²) in [7, 11) is -4.71. The van der Waals surface area contributed by atoms with Gasteiger partial charge in [-0.25, -0.2) is 18.1 Å². The van der Waals surface area contributed by atoms with Crippen LogP contribution in [0.15, 0.2) is 59.5 Å². The van der Waals surface area contributed by atoms with Gasteiger partial charge in [-0.1, -0.05) is 36.4 Å². The number of ether oxygens (including phenoxy) is 1. The van der Waals surface area contributed by atoms with Crippen LogP contribution in [0.25, 0.3) is 10.8 Å². The maximum atomic E-state index is 15.8. The Balaban J connectivity index is 1.64. The van der Waals surface area contributed by atoms with Crippen LogP contribution in [-0.4, -0.2) is 56.0 Å². The van der Waals surface area contributed by atoms with E-state index >= 15 is 8.78 Å². The molecule has 1 aliphatic rings. The zero-order valence-corrected chi connectivity index (χ0v) is 21.0. The number of rotatable bonds is 9. The van der Waals surface area contributed by atoms with E-state index in [1.165, 1.54) is 6.07 Å². The van der Waals surface area contributed by atoms with Gasteiger partial charge in [-0.15, -0.1) is 0 Å². The average Bonchev–Trinajstić information content (AvgIpc) is 3.03. The number of anilines is 1. The van der Waals surface area contributed by atoms with E-state index in [0.717, 1.165) is 26.1 Å². The number of hydrogen-bond donors (Lipinski definition) is 4. The van der Waals surface area contributed by atoms with Crippen LogP contribution in [0.1, 0.15) is 20.1 Å². The standard InChI is InChI=1S/C23H25F2N4O8P/c1-13(18(30)31)28-38(34,37-16-9-5-7-14-6-3-4-8-15(14)16)35-12-23(25)19(32)22(2,24)20(36-23)29-11-10-17(26)27-21(29)33/h3-11,13,19-20,32H,12H2,1-2H3,(H,28,34)(H,30,31)(H2,26,27,33)/t13-,19-,20+,22+,23+,38-/m0/s1. The first-order valence-electron chi connectivity index (χ1n) is 11.3. The zero-order chi connectivity index (χ0) is 27.9. The number of aliphatic hydroxyl groups excluding tert-OH is 1. The molecule has 2 heterocycles. The summed E-state index contributed by atoms with van der Waals surface area (Å²) in [4.78, 5) is 27.1. The highest BCUT2D eigenvalue weighted by Crippen LogP contribution is 2.52. The zero-order valence-electron chi connectivity index (χ0n) is 20.2. The third kappa shape index (κ3) is 5.26. The van der Waals surface area contributed by atoms with Gasteiger partial charge in [-0.3, -0.25) is 13.9 Å². The number of benzene rings is 2. The first-order valence-corrected chi connectivity index (χ1v) is 12.8. The average molecular weight is 554 g/mol. The number of aliphatic hydroxyl groups is 1. The van der Waals surface area contributed by atoms with Gasteiger partial charge in [0.1, 0.15) is 24.2 Å². The Kier molecular flexibility index (Phi) is 7.30. The highest BCUT2D eigenvalue weighted by Gasteiger charge is 2.65. The van der Waals surface area contributed by atoms with E-state index in [-0.39, 0.29) is 11.6 Å². The van der Waals surface area contributed by atoms with Crippen LogP contribution < -0.4 is 21.0 Å². The number of carboxylic acid groups (broad SMARTS) is 1. The van der Waals surface area contributed by atoms with E-state index < -0.39 is 55.9 Å². The van der Waals surface area contributed by atoms with Crippen molar-refractivity contribution in [3.63, 3.8) is 0 Å². The molecule has 0 saturated carbocycles. The number of aliphatic carboxylic acids is 1. The van der Waals surface area contributed by atoms with Gasteiger partial charge in [0.15, 0.2) is 18.0 Å². The van der Waals surface area contributed by atoms with Crippen molar-refractivity contribution in [3.8, 4) is 5.75 Å². The number of nitrogens with one attached hydrogen (secondary N) is 1. The summed E-state index contributed by atoms with van der Waals surface area (Å²) in [5.41, 5.74) is 1.47. The molecule has 0 bridgehead atoms. The highest BCUT2D eigenvalue weighted by atomic mass is 31.2. The summed E-state index contributed by atoms with van der Waals surface area (Å²) in [6.07, 6.45) is -3.53. The number of hydrogen-bond acceptors (Lipinski definition) is 9. The first kappa shape index (κ1) is 27.6. The molecule has 0 spiro atoms. The van der Waals surface area contributed by atoms with Crippen molar-refractivity contribution in [1.82, 2.24) is 14.6 Å². The van der Waals surface area contributed by atoms with Gasteiger partial charge < -0.3 is 25.2 Å². The van der Waals surface area contributed by atoms with Gasteiger partial charge >= 0.3 is 19.4 Å². The molecule has 12 nitrogen and oxygen atoms in total. The molecule has 204 valence electrons. The van der Waals surface area contributed by atoms with Crippen LogP contribution in [0.3, 0.4) is 0 Å². The summed E-state index contributed by atoms with van der Waals surface area (Å²) < 4.78 is 61.5. The molecular formula is C23H25F2N4O8P. The number of carboxylic acids is 1. The topological polar surface area (TPSA) is 175 Å². The lowest BCUT2D eigenvalue weighted by Gasteiger charge is -2.28. The highest BCUT2D eigenvalue weighted by molar-refractivity contribution is 7.52. The van der Waals surface area contributed by atoms with Crippen molar-refractivity contribution in [1.29, 1.82) is 0 Å². The maximum Gasteiger partial charge on any atom is 0.459 e. The third-order valence-electron chi connectivity index (χ3n) is 5.96. The molecule has 1 saturated heterocycles. The lowest BCUT2D eigenvalue weighted by molar-refractivity contribution is -0.203. The molecule has 5 N–H and O–H groups in total. The predicted molar refractivity (Wildman–Crippen MR) is 131 cm³/mol. The molecular weight excluding hydrogens is 529 g/mol. The van der Waals surface area contributed by atoms with Crippen molar-refractivity contribution in [3.05, 3.63) is 65.2 Å². The monoisotopic (exact) mass is 554 g/mol. The first-order chi connectivity index (χ1) is 17.8. The molecule has 0 amide bonds. The van der Waals surface area contributed by atoms with E-state index in [1.807, 2.05) is 0 Å². The largest absolute Gasteiger partial charge is 0.480 e. The van der Waals surface area contributed by atoms with Crippen molar-refractivity contribution < 1.29 is 42.1 Å². The van der Waals surface area contributed by atoms with Gasteiger partial charge in [0, 0.05) is 11.6 Å². The predicted octanol–water partition coefficient (Wildman–Crippen LogP) is 2.53. The Bertz CT molecular complexity index is 1470. The second-order valence-electron chi connectivity index (χ2n) is 8.88. The summed E-state index contributed by atoms with van der Waals surface area (Å²) in [6.45, 7) is 0.568. The Morgan fingerprint density at radius 1 is 1.29 bits per heavy atom. The molecule has 3 aromatic rings. The van der Waals surface area contributed by atoms with Gasteiger partial charge in [0.05, 0.1) is 0 Å². The number of nitrogen functional groups attached to an aromatic ring is 1. The van der Waals surface area contributed by atoms with Crippen molar-refractivity contribution >= 4 is 30.3 Å². The van der Waals surface area contributed by atoms with E-state index in [0.29, 0.717) is 15.3 Å². The lowest BCUT2D eigenvalue weighted by atomic mass is 9.97. The Morgan fingerprint density at radius 3 is 2.66 bits per heavy atom. The van der Waals surface area contributed by atoms with Crippen LogP contribution in [0.2, 0.25) is 0 Å². The van der Waals surface area contributed by atoms with Crippen LogP contribution >= 0.6 is 7.75 Å². The lowest BCUT2D eigenvalue weighted by Crippen LogP contribution is -2.47. The van der Waals surface area contributed by atoms with E-state index in [1.54, 1.807) is 36.4 Å². The molecule has 6 atom stereocenters. The second-order valence-corrected chi connectivity index (χ2v) is 10.6. The normalized spacial score (nSPS) is 27.6. The van der Waals surface area contributed by atoms with E-state index in [4.69, 9.17) is 19.5 Å². The summed E-state index contributed by atoms with van der Waals surface area (Å²) in [5.74, 6) is -4.93. The fourth-order valence-corrected chi connectivity index (χ4v) is 5.46. The summed E-state index contributed by atoms with van der Waals surface area (Å²) >= 11 is 0. The molecule has 1 fully saturated rings. The summed E-state index contributed by atoms with van der Waals surface area (Å²) in [5, 5.41) is 23.1. The quantitative estimate of drug-likeness (QED) is 0.286. The fourth-order valence-electron chi connectivity index (χ4n) is 3.93. The van der Waals surface area contributed by atoms with Crippen LogP contribution in [-0.2, 0) is 18.6 Å². The van der Waals surface area contributed by atoms with E-state index in [2.05, 4.69) is 10.1 Å². The number of halogens is 2. The van der Waals surface area contributed by atoms with E-state index in [9.17, 15) is 24.4 Å². The van der Waals surface area contributed by atoms with Gasteiger partial charge in [0.25, 0.3) is 5.85 Å². The number of nitrogens with two attached hydrogens (primary N) is 1. The fraction of sp³-hybridized carbons (Fsp3) is 0.348. The number of alkyl halides is 2. The van der Waals surface area contributed by atoms with Crippen molar-refractivity contribution in [2.24, 2.45) is 0 Å². The van der Waals surface area contributed by atoms with Gasteiger partial charge in [-0.2, -0.15) is 10.1 Å². The molecule has 4 rings (SSSR count). The minimum Gasteiger partial charge on any atom is -0.480 e. The van der Waals surface area contributed by atoms with Crippen molar-refractivity contribution in [2.75, 3.05) is 12.3 Å². The smallest absolute Gasteiger partial charge is 0.459 e. The van der Waals surface area contributed by atoms with Gasteiger partial charge in [-0.05, 0) is 31.4 Å². The molecule has 0 unspecified atom stereocenters. The SMILES string of the molecule is C[C@H](N[P@](=O)(OC[C@@]1(F)O[C@@H](n2ccc(N)nc2=O)[C@](C)(F)[C@@H]1O)Oc1cccc2ccccc12)C(=O)O. The third-order valence-corrected chi connectivity index (χ3v) is 7.57. The molecule has 2 aromatic carbocycles. The summed E-state index contributed by atoms with van der Waals surface area (Å²) in [6, 6.07) is 11.3. The Hall–Kier alpha value is -3.42. The molecule has 1 aliphatic heterocycles. The van der Waals surface area contributed by atoms with Crippen molar-refractivity contribution in [2.45, 2.75) is 43.7 Å². The molecule has 15 heteroatoms. The number of fused-ring (bicyclic) bond motifs is 1. The Labute approximate surface area is 214 Å². The maximum absolute atomic E-state index is 15.8. The van der Waals surface area contributed by atoms with Crippen LogP contribution in [0.5, 0.6) is 5.75 Å². The molecule has 0 aliphatic carbocycles. The van der Waals surface area contributed by atoms with Crippen LogP contribution in [0, 0.1) is 0 Å². The molecule has 1 aromatic heterocycles. The Morgan fingerprint density at radius 2 is 1.97 bits per heavy atom. The number of carbonyl (C=O) groups is 1. The minimum atomic E-state index is -4.71. The molecule has 0 radical (unpaired) electrons. The number of aromatic nitrogens is 2. The molecule has 38 heavy (non-hydrogen) atoms. The van der Waals surface area contributed by atoms with Crippen LogP contribution in [0.4, 0.5) is 14.6 Å².